The Morgan fingerprint density at radius 2 is 2.05 bits per heavy atom. The number of amides is 2. The average molecular weight is 268 g/mol. The van der Waals surface area contributed by atoms with E-state index < -0.39 is 29.1 Å². The van der Waals surface area contributed by atoms with Gasteiger partial charge in [0.15, 0.2) is 0 Å². The molecule has 1 aromatic carbocycles. The summed E-state index contributed by atoms with van der Waals surface area (Å²) in [5, 5.41) is 2.63. The largest absolute Gasteiger partial charge is 0.353 e. The Balaban J connectivity index is 2.35. The molecule has 1 heterocycles. The molecule has 0 aromatic heterocycles. The first-order valence-corrected chi connectivity index (χ1v) is 6.09. The van der Waals surface area contributed by atoms with Crippen LogP contribution in [0.15, 0.2) is 18.2 Å². The summed E-state index contributed by atoms with van der Waals surface area (Å²) in [4.78, 5) is 25.1. The quantitative estimate of drug-likeness (QED) is 0.879. The molecular formula is C13H14F2N2O2. The zero-order valence-electron chi connectivity index (χ0n) is 10.5. The van der Waals surface area contributed by atoms with Gasteiger partial charge in [-0.3, -0.25) is 9.59 Å². The van der Waals surface area contributed by atoms with Crippen LogP contribution in [0.1, 0.15) is 23.7 Å². The summed E-state index contributed by atoms with van der Waals surface area (Å²) in [6.07, 6.45) is 0.396. The lowest BCUT2D eigenvalue weighted by molar-refractivity contribution is -0.127. The van der Waals surface area contributed by atoms with Crippen LogP contribution >= 0.6 is 0 Å². The second kappa shape index (κ2) is 5.34. The molecule has 2 amide bonds. The number of nitrogens with one attached hydrogen (secondary N) is 1. The highest BCUT2D eigenvalue weighted by molar-refractivity contribution is 5.98. The fraction of sp³-hybridized carbons (Fsp3) is 0.385. The van der Waals surface area contributed by atoms with Gasteiger partial charge in [0, 0.05) is 13.1 Å². The minimum absolute atomic E-state index is 0.247. The minimum atomic E-state index is -0.911. The molecule has 4 nitrogen and oxygen atoms in total. The second-order valence-corrected chi connectivity index (χ2v) is 4.31. The second-order valence-electron chi connectivity index (χ2n) is 4.31. The van der Waals surface area contributed by atoms with Crippen LogP contribution in [0.4, 0.5) is 8.78 Å². The number of piperazine rings is 1. The summed E-state index contributed by atoms with van der Waals surface area (Å²) in [5.41, 5.74) is -0.601. The summed E-state index contributed by atoms with van der Waals surface area (Å²) < 4.78 is 27.2. The Morgan fingerprint density at radius 3 is 2.63 bits per heavy atom. The molecule has 0 saturated carbocycles. The van der Waals surface area contributed by atoms with Crippen molar-refractivity contribution in [3.8, 4) is 0 Å². The molecule has 1 N–H and O–H groups in total. The van der Waals surface area contributed by atoms with Gasteiger partial charge in [-0.05, 0) is 18.6 Å². The Morgan fingerprint density at radius 1 is 1.42 bits per heavy atom. The third-order valence-electron chi connectivity index (χ3n) is 3.15. The molecule has 0 radical (unpaired) electrons. The predicted octanol–water partition coefficient (Wildman–Crippen LogP) is 1.32. The average Bonchev–Trinajstić information content (AvgIpc) is 2.38. The molecule has 102 valence electrons. The monoisotopic (exact) mass is 268 g/mol. The maximum atomic E-state index is 13.6. The van der Waals surface area contributed by atoms with Crippen LogP contribution < -0.4 is 5.32 Å². The number of carbonyl (C=O) groups excluding carboxylic acids is 2. The summed E-state index contributed by atoms with van der Waals surface area (Å²) in [5.74, 6) is -2.90. The van der Waals surface area contributed by atoms with E-state index in [0.717, 1.165) is 12.1 Å². The molecule has 1 aromatic rings. The zero-order chi connectivity index (χ0) is 14.0. The Bertz CT molecular complexity index is 499. The van der Waals surface area contributed by atoms with Gasteiger partial charge < -0.3 is 10.2 Å². The van der Waals surface area contributed by atoms with Crippen molar-refractivity contribution in [3.63, 3.8) is 0 Å². The van der Waals surface area contributed by atoms with Crippen molar-refractivity contribution >= 4 is 11.8 Å². The first kappa shape index (κ1) is 13.5. The van der Waals surface area contributed by atoms with Crippen LogP contribution in [-0.4, -0.2) is 35.8 Å². The first-order chi connectivity index (χ1) is 9.06. The molecule has 6 heteroatoms. The summed E-state index contributed by atoms with van der Waals surface area (Å²) in [7, 11) is 0. The number of hydrogen-bond donors (Lipinski definition) is 1. The van der Waals surface area contributed by atoms with Gasteiger partial charge in [0.2, 0.25) is 5.91 Å². The van der Waals surface area contributed by atoms with E-state index in [0.29, 0.717) is 6.42 Å². The van der Waals surface area contributed by atoms with Gasteiger partial charge >= 0.3 is 0 Å². The van der Waals surface area contributed by atoms with Crippen molar-refractivity contribution in [1.82, 2.24) is 10.2 Å². The zero-order valence-corrected chi connectivity index (χ0v) is 10.5. The predicted molar refractivity (Wildman–Crippen MR) is 64.5 cm³/mol. The van der Waals surface area contributed by atoms with Crippen LogP contribution in [0.3, 0.4) is 0 Å². The molecule has 19 heavy (non-hydrogen) atoms. The highest BCUT2D eigenvalue weighted by Gasteiger charge is 2.34. The van der Waals surface area contributed by atoms with Crippen molar-refractivity contribution in [2.24, 2.45) is 0 Å². The van der Waals surface area contributed by atoms with Crippen LogP contribution in [0, 0.1) is 11.6 Å². The van der Waals surface area contributed by atoms with Gasteiger partial charge in [0.1, 0.15) is 23.2 Å². The lowest BCUT2D eigenvalue weighted by atomic mass is 10.1. The number of carbonyl (C=O) groups is 2. The van der Waals surface area contributed by atoms with Gasteiger partial charge in [-0.25, -0.2) is 8.78 Å². The molecule has 0 aliphatic carbocycles. The lowest BCUT2D eigenvalue weighted by Gasteiger charge is -2.34. The number of hydrogen-bond acceptors (Lipinski definition) is 2. The number of rotatable bonds is 2. The fourth-order valence-electron chi connectivity index (χ4n) is 2.21. The fourth-order valence-corrected chi connectivity index (χ4v) is 2.21. The maximum Gasteiger partial charge on any atom is 0.260 e. The molecule has 0 spiro atoms. The highest BCUT2D eigenvalue weighted by atomic mass is 19.1. The van der Waals surface area contributed by atoms with Gasteiger partial charge in [0.25, 0.3) is 5.91 Å². The van der Waals surface area contributed by atoms with Gasteiger partial charge in [0.05, 0.1) is 0 Å². The van der Waals surface area contributed by atoms with Crippen molar-refractivity contribution in [3.05, 3.63) is 35.4 Å². The van der Waals surface area contributed by atoms with E-state index in [-0.39, 0.29) is 19.0 Å². The van der Waals surface area contributed by atoms with Crippen LogP contribution in [0.2, 0.25) is 0 Å². The topological polar surface area (TPSA) is 49.4 Å². The molecule has 2 rings (SSSR count). The molecule has 0 bridgehead atoms. The lowest BCUT2D eigenvalue weighted by Crippen LogP contribution is -2.57. The van der Waals surface area contributed by atoms with Crippen LogP contribution in [0.5, 0.6) is 0 Å². The Kier molecular flexibility index (Phi) is 3.78. The van der Waals surface area contributed by atoms with Crippen molar-refractivity contribution in [2.45, 2.75) is 19.4 Å². The van der Waals surface area contributed by atoms with Gasteiger partial charge in [-0.2, -0.15) is 0 Å². The number of benzene rings is 1. The molecule has 1 atom stereocenters. The molecule has 1 unspecified atom stereocenters. The molecule has 1 aliphatic rings. The molecule has 1 fully saturated rings. The highest BCUT2D eigenvalue weighted by Crippen LogP contribution is 2.18. The van der Waals surface area contributed by atoms with Crippen molar-refractivity contribution < 1.29 is 18.4 Å². The third-order valence-corrected chi connectivity index (χ3v) is 3.15. The Hall–Kier alpha value is -1.98. The van der Waals surface area contributed by atoms with E-state index in [2.05, 4.69) is 5.32 Å². The van der Waals surface area contributed by atoms with Crippen molar-refractivity contribution in [2.75, 3.05) is 13.1 Å². The van der Waals surface area contributed by atoms with E-state index in [1.54, 1.807) is 6.92 Å². The van der Waals surface area contributed by atoms with E-state index in [9.17, 15) is 18.4 Å². The van der Waals surface area contributed by atoms with Gasteiger partial charge in [-0.1, -0.05) is 13.0 Å². The maximum absolute atomic E-state index is 13.6. The van der Waals surface area contributed by atoms with Crippen LogP contribution in [-0.2, 0) is 4.79 Å². The molecule has 1 saturated heterocycles. The third kappa shape index (κ3) is 2.43. The molecule has 1 aliphatic heterocycles. The minimum Gasteiger partial charge on any atom is -0.353 e. The normalized spacial score (nSPS) is 19.2. The van der Waals surface area contributed by atoms with E-state index in [4.69, 9.17) is 0 Å². The van der Waals surface area contributed by atoms with E-state index in [1.807, 2.05) is 0 Å². The first-order valence-electron chi connectivity index (χ1n) is 6.09. The van der Waals surface area contributed by atoms with E-state index >= 15 is 0 Å². The van der Waals surface area contributed by atoms with E-state index in [1.165, 1.54) is 11.0 Å². The summed E-state index contributed by atoms with van der Waals surface area (Å²) >= 11 is 0. The van der Waals surface area contributed by atoms with Crippen molar-refractivity contribution in [1.29, 1.82) is 0 Å². The number of halogens is 2. The SMILES string of the molecule is CCC1C(=O)NCCN1C(=O)c1c(F)cccc1F. The molecular weight excluding hydrogens is 254 g/mol. The smallest absolute Gasteiger partial charge is 0.260 e. The Labute approximate surface area is 109 Å². The number of nitrogens with zero attached hydrogens (tertiary/aromatic N) is 1. The standard InChI is InChI=1S/C13H14F2N2O2/c1-2-10-12(18)16-6-7-17(10)13(19)11-8(14)4-3-5-9(11)15/h3-5,10H,2,6-7H2,1H3,(H,16,18). The van der Waals surface area contributed by atoms with Crippen LogP contribution in [0.25, 0.3) is 0 Å². The summed E-state index contributed by atoms with van der Waals surface area (Å²) in [6.45, 7) is 2.28. The van der Waals surface area contributed by atoms with Gasteiger partial charge in [-0.15, -0.1) is 0 Å². The summed E-state index contributed by atoms with van der Waals surface area (Å²) in [6, 6.07) is 2.57.